The molecule has 0 aromatic rings. The molecule has 4 nitrogen and oxygen atoms in total. The molecule has 1 saturated heterocycles. The van der Waals surface area contributed by atoms with E-state index >= 15 is 0 Å². The smallest absolute Gasteiger partial charge is 0.307 e. The van der Waals surface area contributed by atoms with Gasteiger partial charge >= 0.3 is 5.97 Å². The van der Waals surface area contributed by atoms with E-state index in [1.807, 2.05) is 4.90 Å². The molecule has 3 aliphatic rings. The van der Waals surface area contributed by atoms with Crippen molar-refractivity contribution in [3.05, 3.63) is 0 Å². The van der Waals surface area contributed by atoms with Crippen molar-refractivity contribution >= 4 is 11.9 Å². The second-order valence-electron chi connectivity index (χ2n) is 8.08. The molecule has 0 bridgehead atoms. The van der Waals surface area contributed by atoms with E-state index in [1.54, 1.807) is 0 Å². The molecule has 23 heavy (non-hydrogen) atoms. The number of carbonyl (C=O) groups is 2. The molecule has 3 atom stereocenters. The van der Waals surface area contributed by atoms with Gasteiger partial charge in [0.1, 0.15) is 0 Å². The van der Waals surface area contributed by atoms with Crippen LogP contribution in [0.3, 0.4) is 0 Å². The molecule has 4 heteroatoms. The third-order valence-electron chi connectivity index (χ3n) is 6.44. The van der Waals surface area contributed by atoms with Crippen molar-refractivity contribution in [1.29, 1.82) is 0 Å². The van der Waals surface area contributed by atoms with Crippen molar-refractivity contribution in [2.45, 2.75) is 70.6 Å². The predicted molar refractivity (Wildman–Crippen MR) is 89.0 cm³/mol. The Balaban J connectivity index is 1.52. The van der Waals surface area contributed by atoms with Gasteiger partial charge in [0.2, 0.25) is 5.91 Å². The molecule has 1 N–H and O–H groups in total. The third-order valence-corrected chi connectivity index (χ3v) is 6.44. The number of carboxylic acid groups (broad SMARTS) is 1. The van der Waals surface area contributed by atoms with Crippen LogP contribution in [0.5, 0.6) is 0 Å². The van der Waals surface area contributed by atoms with Gasteiger partial charge in [0.15, 0.2) is 0 Å². The monoisotopic (exact) mass is 321 g/mol. The van der Waals surface area contributed by atoms with Crippen LogP contribution in [0.15, 0.2) is 0 Å². The Hall–Kier alpha value is -1.06. The van der Waals surface area contributed by atoms with Gasteiger partial charge in [-0.05, 0) is 37.0 Å². The fraction of sp³-hybridized carbons (Fsp3) is 0.895. The van der Waals surface area contributed by atoms with Gasteiger partial charge in [0.05, 0.1) is 5.92 Å². The number of amides is 1. The summed E-state index contributed by atoms with van der Waals surface area (Å²) < 4.78 is 0. The Morgan fingerprint density at radius 1 is 0.913 bits per heavy atom. The SMILES string of the molecule is O=C(O)C(CC(=O)N1CC2CCCCC2C1)CC1CCCCC1. The van der Waals surface area contributed by atoms with Crippen LogP contribution in [0, 0.1) is 23.7 Å². The van der Waals surface area contributed by atoms with E-state index in [0.717, 1.165) is 25.9 Å². The highest BCUT2D eigenvalue weighted by molar-refractivity contribution is 5.82. The molecular weight excluding hydrogens is 290 g/mol. The lowest BCUT2D eigenvalue weighted by molar-refractivity contribution is -0.146. The summed E-state index contributed by atoms with van der Waals surface area (Å²) in [5.41, 5.74) is 0. The van der Waals surface area contributed by atoms with Crippen molar-refractivity contribution in [1.82, 2.24) is 4.90 Å². The highest BCUT2D eigenvalue weighted by Crippen LogP contribution is 2.37. The molecule has 1 heterocycles. The normalized spacial score (nSPS) is 30.0. The van der Waals surface area contributed by atoms with Crippen molar-refractivity contribution in [3.8, 4) is 0 Å². The van der Waals surface area contributed by atoms with E-state index < -0.39 is 11.9 Å². The van der Waals surface area contributed by atoms with Crippen LogP contribution in [0.4, 0.5) is 0 Å². The topological polar surface area (TPSA) is 57.6 Å². The fourth-order valence-corrected chi connectivity index (χ4v) is 5.05. The molecule has 3 unspecified atom stereocenters. The number of nitrogens with zero attached hydrogens (tertiary/aromatic N) is 1. The Morgan fingerprint density at radius 2 is 1.48 bits per heavy atom. The summed E-state index contributed by atoms with van der Waals surface area (Å²) in [6.45, 7) is 1.75. The summed E-state index contributed by atoms with van der Waals surface area (Å²) in [6.07, 6.45) is 12.0. The lowest BCUT2D eigenvalue weighted by Crippen LogP contribution is -2.33. The number of likely N-dealkylation sites (tertiary alicyclic amines) is 1. The average molecular weight is 321 g/mol. The van der Waals surface area contributed by atoms with Crippen molar-refractivity contribution in [3.63, 3.8) is 0 Å². The minimum absolute atomic E-state index is 0.0857. The van der Waals surface area contributed by atoms with Crippen molar-refractivity contribution in [2.75, 3.05) is 13.1 Å². The summed E-state index contributed by atoms with van der Waals surface area (Å²) in [5.74, 6) is 0.693. The van der Waals surface area contributed by atoms with Gasteiger partial charge in [-0.2, -0.15) is 0 Å². The van der Waals surface area contributed by atoms with Gasteiger partial charge in [-0.1, -0.05) is 44.9 Å². The van der Waals surface area contributed by atoms with Crippen LogP contribution in [-0.2, 0) is 9.59 Å². The van der Waals surface area contributed by atoms with E-state index in [9.17, 15) is 14.7 Å². The maximum atomic E-state index is 12.6. The van der Waals surface area contributed by atoms with Crippen molar-refractivity contribution in [2.24, 2.45) is 23.7 Å². The molecule has 3 fully saturated rings. The summed E-state index contributed by atoms with van der Waals surface area (Å²) >= 11 is 0. The van der Waals surface area contributed by atoms with Gasteiger partial charge in [0, 0.05) is 19.5 Å². The van der Waals surface area contributed by atoms with Crippen molar-refractivity contribution < 1.29 is 14.7 Å². The third kappa shape index (κ3) is 4.27. The zero-order chi connectivity index (χ0) is 16.2. The number of hydrogen-bond donors (Lipinski definition) is 1. The Bertz CT molecular complexity index is 416. The van der Waals surface area contributed by atoms with Crippen LogP contribution in [0.25, 0.3) is 0 Å². The number of fused-ring (bicyclic) bond motifs is 1. The first-order chi connectivity index (χ1) is 11.1. The van der Waals surface area contributed by atoms with E-state index in [-0.39, 0.29) is 12.3 Å². The van der Waals surface area contributed by atoms with Gasteiger partial charge in [-0.15, -0.1) is 0 Å². The maximum absolute atomic E-state index is 12.6. The van der Waals surface area contributed by atoms with Crippen LogP contribution < -0.4 is 0 Å². The first kappa shape index (κ1) is 16.8. The lowest BCUT2D eigenvalue weighted by Gasteiger charge is -2.25. The molecule has 1 aliphatic heterocycles. The molecule has 0 radical (unpaired) electrons. The van der Waals surface area contributed by atoms with Crippen LogP contribution >= 0.6 is 0 Å². The maximum Gasteiger partial charge on any atom is 0.307 e. The molecule has 1 amide bonds. The molecule has 3 rings (SSSR count). The number of carboxylic acids is 1. The predicted octanol–water partition coefficient (Wildman–Crippen LogP) is 3.70. The molecule has 130 valence electrons. The second kappa shape index (κ2) is 7.67. The number of rotatable bonds is 5. The first-order valence-electron chi connectivity index (χ1n) is 9.64. The van der Waals surface area contributed by atoms with Gasteiger partial charge in [-0.3, -0.25) is 9.59 Å². The molecule has 2 saturated carbocycles. The molecule has 0 spiro atoms. The number of hydrogen-bond acceptors (Lipinski definition) is 2. The standard InChI is InChI=1S/C19H31NO3/c21-18(20-12-15-8-4-5-9-16(15)13-20)11-17(19(22)23)10-14-6-2-1-3-7-14/h14-17H,1-13H2,(H,22,23). The summed E-state index contributed by atoms with van der Waals surface area (Å²) in [6, 6.07) is 0. The highest BCUT2D eigenvalue weighted by atomic mass is 16.4. The average Bonchev–Trinajstić information content (AvgIpc) is 2.99. The molecule has 2 aliphatic carbocycles. The van der Waals surface area contributed by atoms with Gasteiger partial charge in [-0.25, -0.2) is 0 Å². The van der Waals surface area contributed by atoms with E-state index in [0.29, 0.717) is 24.2 Å². The minimum Gasteiger partial charge on any atom is -0.481 e. The van der Waals surface area contributed by atoms with Gasteiger partial charge in [0.25, 0.3) is 0 Å². The summed E-state index contributed by atoms with van der Waals surface area (Å²) in [4.78, 5) is 26.2. The quantitative estimate of drug-likeness (QED) is 0.840. The van der Waals surface area contributed by atoms with E-state index in [4.69, 9.17) is 0 Å². The summed E-state index contributed by atoms with van der Waals surface area (Å²) in [7, 11) is 0. The van der Waals surface area contributed by atoms with Crippen LogP contribution in [0.1, 0.15) is 70.6 Å². The second-order valence-corrected chi connectivity index (χ2v) is 8.08. The molecule has 0 aromatic heterocycles. The Labute approximate surface area is 139 Å². The van der Waals surface area contributed by atoms with Gasteiger partial charge < -0.3 is 10.0 Å². The zero-order valence-electron chi connectivity index (χ0n) is 14.2. The highest BCUT2D eigenvalue weighted by Gasteiger charge is 2.37. The Morgan fingerprint density at radius 3 is 2.04 bits per heavy atom. The largest absolute Gasteiger partial charge is 0.481 e. The minimum atomic E-state index is -0.777. The number of aliphatic carboxylic acids is 1. The Kier molecular flexibility index (Phi) is 5.60. The number of carbonyl (C=O) groups excluding carboxylic acids is 1. The lowest BCUT2D eigenvalue weighted by atomic mass is 9.82. The first-order valence-corrected chi connectivity index (χ1v) is 9.64. The summed E-state index contributed by atoms with van der Waals surface area (Å²) in [5, 5.41) is 9.53. The molecule has 0 aromatic carbocycles. The fourth-order valence-electron chi connectivity index (χ4n) is 5.05. The zero-order valence-corrected chi connectivity index (χ0v) is 14.2. The van der Waals surface area contributed by atoms with E-state index in [1.165, 1.54) is 44.9 Å². The van der Waals surface area contributed by atoms with Crippen LogP contribution in [0.2, 0.25) is 0 Å². The molecular formula is C19H31NO3. The van der Waals surface area contributed by atoms with Crippen LogP contribution in [-0.4, -0.2) is 35.0 Å². The van der Waals surface area contributed by atoms with E-state index in [2.05, 4.69) is 0 Å².